The number of carbonyl (C=O) groups is 1. The third-order valence-electron chi connectivity index (χ3n) is 4.76. The van der Waals surface area contributed by atoms with Gasteiger partial charge < -0.3 is 5.73 Å². The number of nitrogen functional groups attached to an aromatic ring is 1. The molecule has 0 spiro atoms. The predicted octanol–water partition coefficient (Wildman–Crippen LogP) is 4.48. The van der Waals surface area contributed by atoms with E-state index in [0.717, 1.165) is 31.4 Å². The minimum atomic E-state index is -0.173. The molecule has 110 valence electrons. The monoisotopic (exact) mass is 273 g/mol. The molecule has 1 fully saturated rings. The molecule has 1 unspecified atom stereocenters. The van der Waals surface area contributed by atoms with Gasteiger partial charge in [-0.1, -0.05) is 51.7 Å². The summed E-state index contributed by atoms with van der Waals surface area (Å²) in [5.74, 6) is 1.01. The zero-order chi connectivity index (χ0) is 14.6. The lowest BCUT2D eigenvalue weighted by molar-refractivity contribution is -0.122. The van der Waals surface area contributed by atoms with Crippen molar-refractivity contribution < 1.29 is 4.79 Å². The average Bonchev–Trinajstić information content (AvgIpc) is 3.25. The number of hydrogen-bond donors (Lipinski definition) is 1. The van der Waals surface area contributed by atoms with Crippen molar-refractivity contribution in [2.24, 2.45) is 5.92 Å². The van der Waals surface area contributed by atoms with Crippen molar-refractivity contribution in [1.82, 2.24) is 0 Å². The first-order valence-corrected chi connectivity index (χ1v) is 8.01. The number of nitrogens with two attached hydrogens (primary N) is 1. The molecule has 2 N–H and O–H groups in total. The van der Waals surface area contributed by atoms with Gasteiger partial charge in [0, 0.05) is 12.1 Å². The van der Waals surface area contributed by atoms with Crippen LogP contribution in [0.2, 0.25) is 0 Å². The molecular formula is C18H27NO. The summed E-state index contributed by atoms with van der Waals surface area (Å²) in [5.41, 5.74) is 7.50. The predicted molar refractivity (Wildman–Crippen MR) is 84.7 cm³/mol. The molecule has 1 aliphatic rings. The van der Waals surface area contributed by atoms with E-state index in [4.69, 9.17) is 5.73 Å². The van der Waals surface area contributed by atoms with Gasteiger partial charge in [0.1, 0.15) is 5.78 Å². The first kappa shape index (κ1) is 15.1. The minimum absolute atomic E-state index is 0.173. The Hall–Kier alpha value is -1.31. The van der Waals surface area contributed by atoms with E-state index in [0.29, 0.717) is 11.7 Å². The third kappa shape index (κ3) is 3.23. The maximum absolute atomic E-state index is 12.7. The quantitative estimate of drug-likeness (QED) is 0.710. The van der Waals surface area contributed by atoms with Gasteiger partial charge in [-0.3, -0.25) is 4.79 Å². The Labute approximate surface area is 122 Å². The van der Waals surface area contributed by atoms with Crippen LogP contribution in [0, 0.1) is 5.92 Å². The highest BCUT2D eigenvalue weighted by molar-refractivity contribution is 5.93. The molecule has 0 aliphatic heterocycles. The number of rotatable bonds is 8. The summed E-state index contributed by atoms with van der Waals surface area (Å²) in [4.78, 5) is 12.7. The summed E-state index contributed by atoms with van der Waals surface area (Å²) in [7, 11) is 0. The zero-order valence-corrected chi connectivity index (χ0v) is 12.8. The van der Waals surface area contributed by atoms with Gasteiger partial charge in [0.05, 0.1) is 5.41 Å². The topological polar surface area (TPSA) is 43.1 Å². The maximum atomic E-state index is 12.7. The lowest BCUT2D eigenvalue weighted by atomic mass is 9.84. The van der Waals surface area contributed by atoms with E-state index >= 15 is 0 Å². The Balaban J connectivity index is 2.02. The first-order valence-electron chi connectivity index (χ1n) is 8.01. The van der Waals surface area contributed by atoms with Gasteiger partial charge in [-0.25, -0.2) is 0 Å². The summed E-state index contributed by atoms with van der Waals surface area (Å²) >= 11 is 0. The van der Waals surface area contributed by atoms with Crippen molar-refractivity contribution in [3.05, 3.63) is 29.8 Å². The van der Waals surface area contributed by atoms with Crippen LogP contribution in [-0.4, -0.2) is 5.78 Å². The zero-order valence-electron chi connectivity index (χ0n) is 12.8. The molecule has 0 saturated heterocycles. The molecule has 0 aromatic heterocycles. The fourth-order valence-electron chi connectivity index (χ4n) is 3.06. The van der Waals surface area contributed by atoms with Crippen LogP contribution in [-0.2, 0) is 10.2 Å². The highest BCUT2D eigenvalue weighted by Gasteiger charge is 2.50. The molecule has 1 saturated carbocycles. The van der Waals surface area contributed by atoms with Crippen molar-refractivity contribution in [3.8, 4) is 0 Å². The van der Waals surface area contributed by atoms with E-state index in [1.54, 1.807) is 0 Å². The second kappa shape index (κ2) is 6.43. The maximum Gasteiger partial charge on any atom is 0.143 e. The van der Waals surface area contributed by atoms with E-state index in [9.17, 15) is 4.79 Å². The van der Waals surface area contributed by atoms with Crippen LogP contribution in [0.5, 0.6) is 0 Å². The van der Waals surface area contributed by atoms with Crippen molar-refractivity contribution >= 4 is 11.5 Å². The van der Waals surface area contributed by atoms with Gasteiger partial charge in [0.2, 0.25) is 0 Å². The fourth-order valence-corrected chi connectivity index (χ4v) is 3.06. The smallest absolute Gasteiger partial charge is 0.143 e. The third-order valence-corrected chi connectivity index (χ3v) is 4.76. The van der Waals surface area contributed by atoms with Crippen LogP contribution < -0.4 is 5.73 Å². The van der Waals surface area contributed by atoms with Crippen LogP contribution in [0.4, 0.5) is 5.69 Å². The van der Waals surface area contributed by atoms with Crippen LogP contribution in [0.1, 0.15) is 64.4 Å². The van der Waals surface area contributed by atoms with Crippen molar-refractivity contribution in [3.63, 3.8) is 0 Å². The van der Waals surface area contributed by atoms with Crippen molar-refractivity contribution in [2.75, 3.05) is 5.73 Å². The largest absolute Gasteiger partial charge is 0.399 e. The van der Waals surface area contributed by atoms with Gasteiger partial charge in [-0.05, 0) is 36.5 Å². The minimum Gasteiger partial charge on any atom is -0.399 e. The van der Waals surface area contributed by atoms with Crippen LogP contribution >= 0.6 is 0 Å². The molecule has 1 atom stereocenters. The first-order chi connectivity index (χ1) is 9.62. The molecule has 1 aromatic rings. The molecule has 20 heavy (non-hydrogen) atoms. The van der Waals surface area contributed by atoms with Gasteiger partial charge in [-0.15, -0.1) is 0 Å². The fraction of sp³-hybridized carbons (Fsp3) is 0.611. The number of anilines is 1. The van der Waals surface area contributed by atoms with Crippen LogP contribution in [0.25, 0.3) is 0 Å². The van der Waals surface area contributed by atoms with Crippen molar-refractivity contribution in [1.29, 1.82) is 0 Å². The summed E-state index contributed by atoms with van der Waals surface area (Å²) in [6.07, 6.45) is 7.54. The molecule has 0 radical (unpaired) electrons. The Morgan fingerprint density at radius 2 is 1.90 bits per heavy atom. The number of unbranched alkanes of at least 4 members (excludes halogenated alkanes) is 1. The molecule has 2 rings (SSSR count). The van der Waals surface area contributed by atoms with Gasteiger partial charge >= 0.3 is 0 Å². The molecular weight excluding hydrogens is 246 g/mol. The molecule has 1 aromatic carbocycles. The van der Waals surface area contributed by atoms with Gasteiger partial charge in [0.25, 0.3) is 0 Å². The van der Waals surface area contributed by atoms with E-state index < -0.39 is 0 Å². The molecule has 2 nitrogen and oxygen atoms in total. The Morgan fingerprint density at radius 1 is 1.25 bits per heavy atom. The normalized spacial score (nSPS) is 17.7. The van der Waals surface area contributed by atoms with Crippen molar-refractivity contribution in [2.45, 2.75) is 64.2 Å². The molecule has 0 heterocycles. The lowest BCUT2D eigenvalue weighted by Gasteiger charge is -2.19. The highest BCUT2D eigenvalue weighted by atomic mass is 16.1. The van der Waals surface area contributed by atoms with Crippen LogP contribution in [0.15, 0.2) is 24.3 Å². The highest BCUT2D eigenvalue weighted by Crippen LogP contribution is 2.50. The number of Topliss-reactive ketones (excluding diaryl/α,β-unsaturated/α-hetero) is 1. The average molecular weight is 273 g/mol. The van der Waals surface area contributed by atoms with E-state index in [1.807, 2.05) is 24.3 Å². The Morgan fingerprint density at radius 3 is 2.40 bits per heavy atom. The van der Waals surface area contributed by atoms with E-state index in [1.165, 1.54) is 24.8 Å². The molecule has 1 aliphatic carbocycles. The van der Waals surface area contributed by atoms with E-state index in [2.05, 4.69) is 13.8 Å². The van der Waals surface area contributed by atoms with Gasteiger partial charge in [0.15, 0.2) is 0 Å². The van der Waals surface area contributed by atoms with Crippen LogP contribution in [0.3, 0.4) is 0 Å². The summed E-state index contributed by atoms with van der Waals surface area (Å²) in [5, 5.41) is 0. The SMILES string of the molecule is CCCCC(CC)CC(=O)C1(c2ccc(N)cc2)CC1. The second-order valence-electron chi connectivity index (χ2n) is 6.25. The number of benzene rings is 1. The summed E-state index contributed by atoms with van der Waals surface area (Å²) < 4.78 is 0. The Bertz CT molecular complexity index is 445. The molecule has 2 heteroatoms. The lowest BCUT2D eigenvalue weighted by Crippen LogP contribution is -2.23. The number of ketones is 1. The molecule has 0 bridgehead atoms. The summed E-state index contributed by atoms with van der Waals surface area (Å²) in [6, 6.07) is 7.90. The summed E-state index contributed by atoms with van der Waals surface area (Å²) in [6.45, 7) is 4.42. The number of carbonyl (C=O) groups excluding carboxylic acids is 1. The number of hydrogen-bond acceptors (Lipinski definition) is 2. The molecule has 0 amide bonds. The van der Waals surface area contributed by atoms with E-state index in [-0.39, 0.29) is 5.41 Å². The standard InChI is InChI=1S/C18H27NO/c1-3-5-6-14(4-2)13-17(20)18(11-12-18)15-7-9-16(19)10-8-15/h7-10,14H,3-6,11-13,19H2,1-2H3. The van der Waals surface area contributed by atoms with Gasteiger partial charge in [-0.2, -0.15) is 0 Å². The Kier molecular flexibility index (Phi) is 4.85. The second-order valence-corrected chi connectivity index (χ2v) is 6.25.